The molecule has 0 radical (unpaired) electrons. The number of imidazole rings is 2. The molecule has 4 aromatic rings. The summed E-state index contributed by atoms with van der Waals surface area (Å²) >= 11 is 0. The molecule has 0 spiro atoms. The zero-order valence-electron chi connectivity index (χ0n) is 21.9. The van der Waals surface area contributed by atoms with Crippen LogP contribution in [0.2, 0.25) is 0 Å². The molecule has 7 nitrogen and oxygen atoms in total. The lowest BCUT2D eigenvalue weighted by molar-refractivity contribution is 0.173. The van der Waals surface area contributed by atoms with Gasteiger partial charge in [0.25, 0.3) is 0 Å². The summed E-state index contributed by atoms with van der Waals surface area (Å²) in [6.07, 6.45) is 9.63. The van der Waals surface area contributed by atoms with E-state index in [1.165, 1.54) is 5.56 Å². The van der Waals surface area contributed by atoms with Crippen LogP contribution in [0.4, 0.5) is 0 Å². The SMILES string of the molecule is CCCc1cccc(OCCCc2cnc(-c3ncc(CCCOc4cccc(C(O)CC)c4)[nH]3)[nH]2)c1. The molecule has 0 saturated heterocycles. The number of aryl methyl sites for hydroxylation is 3. The van der Waals surface area contributed by atoms with E-state index in [2.05, 4.69) is 45.1 Å². The molecule has 0 bridgehead atoms. The average molecular weight is 503 g/mol. The van der Waals surface area contributed by atoms with Crippen molar-refractivity contribution in [3.63, 3.8) is 0 Å². The minimum Gasteiger partial charge on any atom is -0.494 e. The van der Waals surface area contributed by atoms with Gasteiger partial charge in [-0.05, 0) is 73.9 Å². The fourth-order valence-corrected chi connectivity index (χ4v) is 4.25. The standard InChI is InChI=1S/C30H38N4O3/c1-3-9-22-10-5-14-26(18-22)36-16-7-12-24-20-31-29(33-24)30-32-21-25(34-30)13-8-17-37-27-15-6-11-23(19-27)28(35)4-2/h5-6,10-11,14-15,18-21,28,35H,3-4,7-9,12-13,16-17H2,1-2H3,(H,31,33)(H,32,34). The zero-order valence-corrected chi connectivity index (χ0v) is 21.9. The Kier molecular flexibility index (Phi) is 9.77. The van der Waals surface area contributed by atoms with E-state index < -0.39 is 6.10 Å². The maximum absolute atomic E-state index is 10.0. The third-order valence-electron chi connectivity index (χ3n) is 6.27. The van der Waals surface area contributed by atoms with E-state index in [1.54, 1.807) is 0 Å². The molecular formula is C30H38N4O3. The maximum Gasteiger partial charge on any atom is 0.173 e. The van der Waals surface area contributed by atoms with Crippen LogP contribution in [0, 0.1) is 0 Å². The van der Waals surface area contributed by atoms with E-state index in [4.69, 9.17) is 9.47 Å². The molecule has 0 aliphatic carbocycles. The van der Waals surface area contributed by atoms with Gasteiger partial charge < -0.3 is 24.5 Å². The number of ether oxygens (including phenoxy) is 2. The summed E-state index contributed by atoms with van der Waals surface area (Å²) in [5, 5.41) is 10.0. The van der Waals surface area contributed by atoms with Crippen molar-refractivity contribution in [2.75, 3.05) is 13.2 Å². The Bertz CT molecular complexity index is 1230. The first kappa shape index (κ1) is 26.5. The molecule has 37 heavy (non-hydrogen) atoms. The van der Waals surface area contributed by atoms with E-state index in [-0.39, 0.29) is 0 Å². The molecule has 3 N–H and O–H groups in total. The number of rotatable bonds is 15. The molecule has 0 aliphatic heterocycles. The summed E-state index contributed by atoms with van der Waals surface area (Å²) in [6.45, 7) is 5.41. The van der Waals surface area contributed by atoms with Crippen LogP contribution in [0.1, 0.15) is 68.1 Å². The number of hydrogen-bond donors (Lipinski definition) is 3. The molecule has 7 heteroatoms. The minimum atomic E-state index is -0.449. The molecule has 0 aliphatic rings. The molecule has 0 saturated carbocycles. The van der Waals surface area contributed by atoms with E-state index >= 15 is 0 Å². The molecule has 1 atom stereocenters. The number of H-pyrrole nitrogens is 2. The first-order valence-electron chi connectivity index (χ1n) is 13.3. The highest BCUT2D eigenvalue weighted by Crippen LogP contribution is 2.22. The van der Waals surface area contributed by atoms with Crippen molar-refractivity contribution >= 4 is 0 Å². The highest BCUT2D eigenvalue weighted by molar-refractivity contribution is 5.44. The van der Waals surface area contributed by atoms with Crippen molar-refractivity contribution in [3.8, 4) is 23.1 Å². The van der Waals surface area contributed by atoms with Crippen LogP contribution >= 0.6 is 0 Å². The average Bonchev–Trinajstić information content (AvgIpc) is 3.59. The van der Waals surface area contributed by atoms with Crippen molar-refractivity contribution in [3.05, 3.63) is 83.4 Å². The van der Waals surface area contributed by atoms with Gasteiger partial charge in [0.05, 0.1) is 19.3 Å². The number of aliphatic hydroxyl groups excluding tert-OH is 1. The Morgan fingerprint density at radius 3 is 1.97 bits per heavy atom. The van der Waals surface area contributed by atoms with Crippen molar-refractivity contribution in [1.29, 1.82) is 0 Å². The van der Waals surface area contributed by atoms with E-state index in [0.29, 0.717) is 19.6 Å². The van der Waals surface area contributed by atoms with Gasteiger partial charge in [0.15, 0.2) is 11.6 Å². The lowest BCUT2D eigenvalue weighted by Gasteiger charge is -2.11. The number of aromatic amines is 2. The molecule has 196 valence electrons. The third-order valence-corrected chi connectivity index (χ3v) is 6.27. The van der Waals surface area contributed by atoms with Gasteiger partial charge in [-0.15, -0.1) is 0 Å². The maximum atomic E-state index is 10.0. The zero-order chi connectivity index (χ0) is 25.9. The van der Waals surface area contributed by atoms with Gasteiger partial charge in [-0.2, -0.15) is 0 Å². The van der Waals surface area contributed by atoms with Gasteiger partial charge in [0, 0.05) is 23.8 Å². The smallest absolute Gasteiger partial charge is 0.173 e. The molecule has 0 amide bonds. The van der Waals surface area contributed by atoms with Crippen LogP contribution in [0.25, 0.3) is 11.6 Å². The number of aromatic nitrogens is 4. The Balaban J connectivity index is 1.18. The highest BCUT2D eigenvalue weighted by atomic mass is 16.5. The fourth-order valence-electron chi connectivity index (χ4n) is 4.25. The second-order valence-corrected chi connectivity index (χ2v) is 9.31. The highest BCUT2D eigenvalue weighted by Gasteiger charge is 2.09. The van der Waals surface area contributed by atoms with Crippen LogP contribution in [0.3, 0.4) is 0 Å². The lowest BCUT2D eigenvalue weighted by atomic mass is 10.1. The molecule has 0 fully saturated rings. The van der Waals surface area contributed by atoms with E-state index in [1.807, 2.05) is 49.6 Å². The number of nitrogens with one attached hydrogen (secondary N) is 2. The summed E-state index contributed by atoms with van der Waals surface area (Å²) in [4.78, 5) is 15.7. The number of nitrogens with zero attached hydrogens (tertiary/aromatic N) is 2. The monoisotopic (exact) mass is 502 g/mol. The first-order chi connectivity index (χ1) is 18.1. The number of aliphatic hydroxyl groups is 1. The predicted octanol–water partition coefficient (Wildman–Crippen LogP) is 6.22. The Hall–Kier alpha value is -3.58. The van der Waals surface area contributed by atoms with Crippen molar-refractivity contribution in [2.24, 2.45) is 0 Å². The summed E-state index contributed by atoms with van der Waals surface area (Å²) in [7, 11) is 0. The Morgan fingerprint density at radius 2 is 1.38 bits per heavy atom. The van der Waals surface area contributed by atoms with Crippen LogP contribution < -0.4 is 9.47 Å². The Labute approximate surface area is 219 Å². The van der Waals surface area contributed by atoms with Crippen molar-refractivity contribution in [2.45, 2.75) is 64.9 Å². The summed E-state index contributed by atoms with van der Waals surface area (Å²) in [6, 6.07) is 16.0. The van der Waals surface area contributed by atoms with Gasteiger partial charge in [-0.25, -0.2) is 9.97 Å². The molecule has 4 rings (SSSR count). The predicted molar refractivity (Wildman–Crippen MR) is 146 cm³/mol. The molecule has 2 aromatic heterocycles. The largest absolute Gasteiger partial charge is 0.494 e. The Morgan fingerprint density at radius 1 is 0.784 bits per heavy atom. The first-order valence-corrected chi connectivity index (χ1v) is 13.3. The van der Waals surface area contributed by atoms with Gasteiger partial charge >= 0.3 is 0 Å². The van der Waals surface area contributed by atoms with Crippen LogP contribution in [-0.4, -0.2) is 38.3 Å². The normalized spacial score (nSPS) is 12.0. The third kappa shape index (κ3) is 7.95. The molecule has 2 heterocycles. The summed E-state index contributed by atoms with van der Waals surface area (Å²) in [5.41, 5.74) is 4.33. The van der Waals surface area contributed by atoms with Crippen molar-refractivity contribution in [1.82, 2.24) is 19.9 Å². The lowest BCUT2D eigenvalue weighted by Crippen LogP contribution is -2.01. The molecular weight excluding hydrogens is 464 g/mol. The van der Waals surface area contributed by atoms with Crippen LogP contribution in [0.15, 0.2) is 60.9 Å². The second-order valence-electron chi connectivity index (χ2n) is 9.31. The second kappa shape index (κ2) is 13.7. The topological polar surface area (TPSA) is 96.1 Å². The van der Waals surface area contributed by atoms with E-state index in [0.717, 1.165) is 78.6 Å². The minimum absolute atomic E-state index is 0.449. The van der Waals surface area contributed by atoms with Crippen molar-refractivity contribution < 1.29 is 14.6 Å². The van der Waals surface area contributed by atoms with Gasteiger partial charge in [-0.3, -0.25) is 0 Å². The van der Waals surface area contributed by atoms with Crippen LogP contribution in [-0.2, 0) is 19.3 Å². The van der Waals surface area contributed by atoms with E-state index in [9.17, 15) is 5.11 Å². The van der Waals surface area contributed by atoms with Gasteiger partial charge in [0.1, 0.15) is 11.5 Å². The fraction of sp³-hybridized carbons (Fsp3) is 0.400. The molecule has 1 unspecified atom stereocenters. The van der Waals surface area contributed by atoms with Gasteiger partial charge in [0.2, 0.25) is 0 Å². The van der Waals surface area contributed by atoms with Gasteiger partial charge in [-0.1, -0.05) is 44.5 Å². The van der Waals surface area contributed by atoms with Crippen LogP contribution in [0.5, 0.6) is 11.5 Å². The molecule has 2 aromatic carbocycles. The number of hydrogen-bond acceptors (Lipinski definition) is 5. The summed E-state index contributed by atoms with van der Waals surface area (Å²) < 4.78 is 11.8. The summed E-state index contributed by atoms with van der Waals surface area (Å²) in [5.74, 6) is 3.21. The quantitative estimate of drug-likeness (QED) is 0.168. The number of benzene rings is 2.